The second-order valence-electron chi connectivity index (χ2n) is 5.84. The molecule has 2 nitrogen and oxygen atoms in total. The van der Waals surface area contributed by atoms with Crippen molar-refractivity contribution in [3.63, 3.8) is 0 Å². The summed E-state index contributed by atoms with van der Waals surface area (Å²) in [5, 5.41) is 19.8. The smallest absolute Gasteiger partial charge is 0.119 e. The number of hydrogen-bond donors (Lipinski definition) is 2. The predicted octanol–water partition coefficient (Wildman–Crippen LogP) is 5.45. The molecule has 22 heavy (non-hydrogen) atoms. The second-order valence-corrected chi connectivity index (χ2v) is 5.84. The molecule has 0 aliphatic carbocycles. The Balaban J connectivity index is 2.49. The molecule has 0 heterocycles. The number of unbranched alkanes of at least 4 members (excludes halogenated alkanes) is 2. The van der Waals surface area contributed by atoms with Gasteiger partial charge in [0.2, 0.25) is 0 Å². The van der Waals surface area contributed by atoms with Crippen molar-refractivity contribution in [2.75, 3.05) is 0 Å². The minimum Gasteiger partial charge on any atom is -0.508 e. The fraction of sp³-hybridized carbons (Fsp3) is 0.400. The maximum absolute atomic E-state index is 10.3. The van der Waals surface area contributed by atoms with Crippen LogP contribution in [0, 0.1) is 0 Å². The second kappa shape index (κ2) is 7.88. The zero-order valence-electron chi connectivity index (χ0n) is 13.6. The van der Waals surface area contributed by atoms with Crippen LogP contribution in [0.15, 0.2) is 36.4 Å². The van der Waals surface area contributed by atoms with Gasteiger partial charge in [-0.05, 0) is 66.1 Å². The molecular formula is C20H26O2. The molecule has 0 aliphatic rings. The largest absolute Gasteiger partial charge is 0.508 e. The number of hydrogen-bond acceptors (Lipinski definition) is 2. The lowest BCUT2D eigenvalue weighted by atomic mass is 9.89. The van der Waals surface area contributed by atoms with Crippen molar-refractivity contribution < 1.29 is 10.2 Å². The third kappa shape index (κ3) is 3.82. The molecule has 0 saturated heterocycles. The average Bonchev–Trinajstić information content (AvgIpc) is 2.53. The van der Waals surface area contributed by atoms with E-state index in [0.29, 0.717) is 5.75 Å². The van der Waals surface area contributed by atoms with Gasteiger partial charge in [-0.2, -0.15) is 0 Å². The van der Waals surface area contributed by atoms with Crippen LogP contribution in [0.4, 0.5) is 0 Å². The van der Waals surface area contributed by atoms with Crippen LogP contribution in [0.25, 0.3) is 11.1 Å². The number of phenols is 2. The average molecular weight is 298 g/mol. The molecule has 0 spiro atoms. The standard InChI is InChI=1S/C20H26O2/c1-3-5-7-18-17(15-9-11-16(21)12-10-15)13-14-20(22)19(18)8-6-4-2/h9-14,21-22H,3-8H2,1-2H3. The molecule has 0 radical (unpaired) electrons. The van der Waals surface area contributed by atoms with E-state index < -0.39 is 0 Å². The van der Waals surface area contributed by atoms with Crippen LogP contribution in [0.5, 0.6) is 11.5 Å². The topological polar surface area (TPSA) is 40.5 Å². The van der Waals surface area contributed by atoms with E-state index in [9.17, 15) is 10.2 Å². The summed E-state index contributed by atoms with van der Waals surface area (Å²) in [6.07, 6.45) is 6.38. The molecule has 0 atom stereocenters. The van der Waals surface area contributed by atoms with Crippen molar-refractivity contribution in [2.45, 2.75) is 52.4 Å². The Bertz CT molecular complexity index is 600. The first-order valence-corrected chi connectivity index (χ1v) is 8.30. The van der Waals surface area contributed by atoms with Gasteiger partial charge in [-0.1, -0.05) is 44.9 Å². The van der Waals surface area contributed by atoms with Crippen molar-refractivity contribution in [3.05, 3.63) is 47.5 Å². The van der Waals surface area contributed by atoms with Gasteiger partial charge in [0.25, 0.3) is 0 Å². The fourth-order valence-electron chi connectivity index (χ4n) is 2.86. The molecular weight excluding hydrogens is 272 g/mol. The van der Waals surface area contributed by atoms with Gasteiger partial charge >= 0.3 is 0 Å². The minimum atomic E-state index is 0.281. The van der Waals surface area contributed by atoms with E-state index in [1.807, 2.05) is 24.3 Å². The Morgan fingerprint density at radius 3 is 1.91 bits per heavy atom. The Labute approximate surface area is 133 Å². The molecule has 0 amide bonds. The van der Waals surface area contributed by atoms with Gasteiger partial charge in [0.05, 0.1) is 0 Å². The Morgan fingerprint density at radius 1 is 0.727 bits per heavy atom. The minimum absolute atomic E-state index is 0.281. The molecule has 2 heteroatoms. The van der Waals surface area contributed by atoms with Crippen LogP contribution in [0.3, 0.4) is 0 Å². The van der Waals surface area contributed by atoms with Crippen LogP contribution in [-0.2, 0) is 12.8 Å². The van der Waals surface area contributed by atoms with Gasteiger partial charge in [0.1, 0.15) is 11.5 Å². The van der Waals surface area contributed by atoms with Crippen molar-refractivity contribution >= 4 is 0 Å². The maximum Gasteiger partial charge on any atom is 0.119 e. The summed E-state index contributed by atoms with van der Waals surface area (Å²) in [6.45, 7) is 4.36. The van der Waals surface area contributed by atoms with Crippen LogP contribution >= 0.6 is 0 Å². The number of rotatable bonds is 7. The number of aromatic hydroxyl groups is 2. The molecule has 118 valence electrons. The first kappa shape index (κ1) is 16.4. The summed E-state index contributed by atoms with van der Waals surface area (Å²) in [4.78, 5) is 0. The van der Waals surface area contributed by atoms with Crippen molar-refractivity contribution in [2.24, 2.45) is 0 Å². The maximum atomic E-state index is 10.3. The quantitative estimate of drug-likeness (QED) is 0.713. The lowest BCUT2D eigenvalue weighted by molar-refractivity contribution is 0.465. The highest BCUT2D eigenvalue weighted by Gasteiger charge is 2.14. The molecule has 2 N–H and O–H groups in total. The van der Waals surface area contributed by atoms with E-state index in [1.54, 1.807) is 12.1 Å². The first-order valence-electron chi connectivity index (χ1n) is 8.30. The number of benzene rings is 2. The van der Waals surface area contributed by atoms with Crippen LogP contribution in [0.2, 0.25) is 0 Å². The van der Waals surface area contributed by atoms with Crippen LogP contribution < -0.4 is 0 Å². The van der Waals surface area contributed by atoms with Gasteiger partial charge in [-0.25, -0.2) is 0 Å². The highest BCUT2D eigenvalue weighted by Crippen LogP contribution is 2.34. The summed E-state index contributed by atoms with van der Waals surface area (Å²) >= 11 is 0. The molecule has 2 aromatic rings. The molecule has 0 unspecified atom stereocenters. The molecule has 0 bridgehead atoms. The van der Waals surface area contributed by atoms with Gasteiger partial charge in [0.15, 0.2) is 0 Å². The highest BCUT2D eigenvalue weighted by molar-refractivity contribution is 5.71. The third-order valence-electron chi connectivity index (χ3n) is 4.15. The van der Waals surface area contributed by atoms with E-state index in [1.165, 1.54) is 11.1 Å². The summed E-state index contributed by atoms with van der Waals surface area (Å²) in [7, 11) is 0. The van der Waals surface area contributed by atoms with E-state index in [4.69, 9.17) is 0 Å². The van der Waals surface area contributed by atoms with Crippen LogP contribution in [0.1, 0.15) is 50.7 Å². The van der Waals surface area contributed by atoms with Crippen LogP contribution in [-0.4, -0.2) is 10.2 Å². The van der Waals surface area contributed by atoms with Gasteiger partial charge in [0, 0.05) is 0 Å². The molecule has 2 rings (SSSR count). The molecule has 0 saturated carbocycles. The van der Waals surface area contributed by atoms with E-state index in [2.05, 4.69) is 13.8 Å². The number of phenolic OH excluding ortho intramolecular Hbond substituents is 2. The predicted molar refractivity (Wildman–Crippen MR) is 92.4 cm³/mol. The van der Waals surface area contributed by atoms with Crippen molar-refractivity contribution in [3.8, 4) is 22.6 Å². The fourth-order valence-corrected chi connectivity index (χ4v) is 2.86. The zero-order valence-corrected chi connectivity index (χ0v) is 13.6. The Kier molecular flexibility index (Phi) is 5.88. The van der Waals surface area contributed by atoms with Gasteiger partial charge < -0.3 is 10.2 Å². The molecule has 0 fully saturated rings. The highest BCUT2D eigenvalue weighted by atomic mass is 16.3. The molecule has 2 aromatic carbocycles. The van der Waals surface area contributed by atoms with E-state index >= 15 is 0 Å². The van der Waals surface area contributed by atoms with Crippen molar-refractivity contribution in [1.29, 1.82) is 0 Å². The van der Waals surface area contributed by atoms with Gasteiger partial charge in [-0.15, -0.1) is 0 Å². The normalized spacial score (nSPS) is 10.8. The Hall–Kier alpha value is -1.96. The first-order chi connectivity index (χ1) is 10.7. The monoisotopic (exact) mass is 298 g/mol. The van der Waals surface area contributed by atoms with E-state index in [0.717, 1.165) is 49.7 Å². The summed E-state index contributed by atoms with van der Waals surface area (Å²) < 4.78 is 0. The summed E-state index contributed by atoms with van der Waals surface area (Å²) in [6, 6.07) is 11.1. The van der Waals surface area contributed by atoms with E-state index in [-0.39, 0.29) is 5.75 Å². The lowest BCUT2D eigenvalue weighted by Gasteiger charge is -2.17. The third-order valence-corrected chi connectivity index (χ3v) is 4.15. The molecule has 0 aromatic heterocycles. The Morgan fingerprint density at radius 2 is 1.32 bits per heavy atom. The molecule has 0 aliphatic heterocycles. The summed E-state index contributed by atoms with van der Waals surface area (Å²) in [5.41, 5.74) is 4.64. The van der Waals surface area contributed by atoms with Gasteiger partial charge in [-0.3, -0.25) is 0 Å². The SMILES string of the molecule is CCCCc1c(O)ccc(-c2ccc(O)cc2)c1CCCC. The summed E-state index contributed by atoms with van der Waals surface area (Å²) in [5.74, 6) is 0.700. The zero-order chi connectivity index (χ0) is 15.9. The lowest BCUT2D eigenvalue weighted by Crippen LogP contribution is -1.99. The van der Waals surface area contributed by atoms with Crippen molar-refractivity contribution in [1.82, 2.24) is 0 Å².